The van der Waals surface area contributed by atoms with Gasteiger partial charge in [-0.2, -0.15) is 0 Å². The van der Waals surface area contributed by atoms with Gasteiger partial charge in [0, 0.05) is 24.2 Å². The Hall–Kier alpha value is -1.65. The van der Waals surface area contributed by atoms with Gasteiger partial charge in [-0.15, -0.1) is 0 Å². The molecule has 0 bridgehead atoms. The summed E-state index contributed by atoms with van der Waals surface area (Å²) in [5.74, 6) is -0.280. The van der Waals surface area contributed by atoms with Gasteiger partial charge in [0.25, 0.3) is 5.56 Å². The lowest BCUT2D eigenvalue weighted by Crippen LogP contribution is -2.46. The Morgan fingerprint density at radius 1 is 1.05 bits per heavy atom. The van der Waals surface area contributed by atoms with Crippen molar-refractivity contribution in [2.45, 2.75) is 64.3 Å². The average molecular weight is 276 g/mol. The van der Waals surface area contributed by atoms with Gasteiger partial charge in [-0.1, -0.05) is 19.3 Å². The summed E-state index contributed by atoms with van der Waals surface area (Å²) in [7, 11) is 0. The van der Waals surface area contributed by atoms with E-state index in [1.54, 1.807) is 0 Å². The highest BCUT2D eigenvalue weighted by molar-refractivity contribution is 5.77. The van der Waals surface area contributed by atoms with Gasteiger partial charge in [0.1, 0.15) is 0 Å². The molecule has 1 saturated carbocycles. The highest BCUT2D eigenvalue weighted by atomic mass is 16.2. The molecule has 0 atom stereocenters. The molecule has 0 N–H and O–H groups in total. The summed E-state index contributed by atoms with van der Waals surface area (Å²) in [4.78, 5) is 37.0. The molecular weight excluding hydrogens is 256 g/mol. The standard InChI is InChI=1S/C15H20N2O3/c1-10(18)16-13-9-5-8-12(13)14(19)17(15(16)20)11-6-3-2-4-7-11/h11H,2-9H2,1H3. The van der Waals surface area contributed by atoms with Crippen molar-refractivity contribution in [3.05, 3.63) is 32.1 Å². The number of hydrogen-bond acceptors (Lipinski definition) is 3. The highest BCUT2D eigenvalue weighted by Gasteiger charge is 2.28. The number of carbonyl (C=O) groups excluding carboxylic acids is 1. The number of nitrogens with zero attached hydrogens (tertiary/aromatic N) is 2. The minimum Gasteiger partial charge on any atom is -0.274 e. The van der Waals surface area contributed by atoms with Crippen LogP contribution in [0.4, 0.5) is 0 Å². The lowest BCUT2D eigenvalue weighted by molar-refractivity contribution is 0.0923. The van der Waals surface area contributed by atoms with E-state index in [9.17, 15) is 14.4 Å². The van der Waals surface area contributed by atoms with E-state index in [1.165, 1.54) is 16.1 Å². The van der Waals surface area contributed by atoms with Gasteiger partial charge in [-0.25, -0.2) is 9.36 Å². The molecule has 5 heteroatoms. The third-order valence-corrected chi connectivity index (χ3v) is 4.59. The maximum atomic E-state index is 12.6. The van der Waals surface area contributed by atoms with E-state index < -0.39 is 5.69 Å². The number of carbonyl (C=O) groups is 1. The molecule has 0 amide bonds. The highest BCUT2D eigenvalue weighted by Crippen LogP contribution is 2.27. The Morgan fingerprint density at radius 2 is 1.75 bits per heavy atom. The van der Waals surface area contributed by atoms with E-state index in [0.29, 0.717) is 24.1 Å². The van der Waals surface area contributed by atoms with Crippen LogP contribution in [0.1, 0.15) is 67.5 Å². The predicted molar refractivity (Wildman–Crippen MR) is 75.4 cm³/mol. The van der Waals surface area contributed by atoms with E-state index in [-0.39, 0.29) is 17.5 Å². The molecule has 0 unspecified atom stereocenters. The third-order valence-electron chi connectivity index (χ3n) is 4.59. The fourth-order valence-corrected chi connectivity index (χ4v) is 3.65. The molecule has 3 rings (SSSR count). The van der Waals surface area contributed by atoms with E-state index in [4.69, 9.17) is 0 Å². The first kappa shape index (κ1) is 13.3. The predicted octanol–water partition coefficient (Wildman–Crippen LogP) is 1.66. The Labute approximate surface area is 117 Å². The smallest absolute Gasteiger partial charge is 0.274 e. The van der Waals surface area contributed by atoms with E-state index in [0.717, 1.165) is 38.5 Å². The van der Waals surface area contributed by atoms with Crippen molar-refractivity contribution in [1.29, 1.82) is 0 Å². The minimum atomic E-state index is -0.421. The van der Waals surface area contributed by atoms with Crippen molar-refractivity contribution >= 4 is 5.91 Å². The maximum Gasteiger partial charge on any atom is 0.338 e. The van der Waals surface area contributed by atoms with Gasteiger partial charge >= 0.3 is 5.69 Å². The summed E-state index contributed by atoms with van der Waals surface area (Å²) in [5, 5.41) is 0. The van der Waals surface area contributed by atoms with Crippen molar-refractivity contribution in [2.75, 3.05) is 0 Å². The van der Waals surface area contributed by atoms with E-state index in [1.807, 2.05) is 0 Å². The molecule has 1 aromatic rings. The molecule has 1 heterocycles. The van der Waals surface area contributed by atoms with Gasteiger partial charge in [-0.3, -0.25) is 14.2 Å². The monoisotopic (exact) mass is 276 g/mol. The van der Waals surface area contributed by atoms with Crippen LogP contribution in [0.25, 0.3) is 0 Å². The van der Waals surface area contributed by atoms with E-state index >= 15 is 0 Å². The molecule has 0 aliphatic heterocycles. The molecule has 0 saturated heterocycles. The molecule has 0 aromatic carbocycles. The Kier molecular flexibility index (Phi) is 3.36. The fourth-order valence-electron chi connectivity index (χ4n) is 3.65. The van der Waals surface area contributed by atoms with Crippen LogP contribution in [-0.2, 0) is 12.8 Å². The number of fused-ring (bicyclic) bond motifs is 1. The average Bonchev–Trinajstić information content (AvgIpc) is 2.89. The number of rotatable bonds is 1. The topological polar surface area (TPSA) is 61.1 Å². The summed E-state index contributed by atoms with van der Waals surface area (Å²) in [6, 6.07) is -0.0275. The van der Waals surface area contributed by atoms with Crippen LogP contribution in [0, 0.1) is 0 Å². The zero-order chi connectivity index (χ0) is 14.3. The van der Waals surface area contributed by atoms with Crippen LogP contribution in [0.2, 0.25) is 0 Å². The second kappa shape index (κ2) is 5.04. The fraction of sp³-hybridized carbons (Fsp3) is 0.667. The first-order valence-electron chi connectivity index (χ1n) is 7.51. The Morgan fingerprint density at radius 3 is 2.40 bits per heavy atom. The molecule has 5 nitrogen and oxygen atoms in total. The van der Waals surface area contributed by atoms with Gasteiger partial charge in [0.05, 0.1) is 0 Å². The van der Waals surface area contributed by atoms with Crippen molar-refractivity contribution in [3.8, 4) is 0 Å². The van der Waals surface area contributed by atoms with Gasteiger partial charge in [-0.05, 0) is 32.1 Å². The SMILES string of the molecule is CC(=O)n1c2c(c(=O)n(C3CCCCC3)c1=O)CCC2. The van der Waals surface area contributed by atoms with Crippen molar-refractivity contribution in [1.82, 2.24) is 9.13 Å². The largest absolute Gasteiger partial charge is 0.338 e. The summed E-state index contributed by atoms with van der Waals surface area (Å²) < 4.78 is 2.60. The molecular formula is C15H20N2O3. The zero-order valence-electron chi connectivity index (χ0n) is 11.9. The van der Waals surface area contributed by atoms with Crippen LogP contribution < -0.4 is 11.2 Å². The van der Waals surface area contributed by atoms with Crippen LogP contribution in [-0.4, -0.2) is 15.0 Å². The molecule has 1 fully saturated rings. The first-order valence-corrected chi connectivity index (χ1v) is 7.51. The molecule has 2 aliphatic rings. The lowest BCUT2D eigenvalue weighted by atomic mass is 9.95. The van der Waals surface area contributed by atoms with Crippen molar-refractivity contribution in [3.63, 3.8) is 0 Å². The molecule has 0 radical (unpaired) electrons. The van der Waals surface area contributed by atoms with E-state index in [2.05, 4.69) is 0 Å². The summed E-state index contributed by atoms with van der Waals surface area (Å²) in [6.45, 7) is 1.40. The Balaban J connectivity index is 2.24. The molecule has 0 spiro atoms. The molecule has 20 heavy (non-hydrogen) atoms. The molecule has 1 aromatic heterocycles. The summed E-state index contributed by atoms with van der Waals surface area (Å²) in [5.41, 5.74) is 0.770. The lowest BCUT2D eigenvalue weighted by Gasteiger charge is -2.24. The normalized spacial score (nSPS) is 19.1. The summed E-state index contributed by atoms with van der Waals surface area (Å²) >= 11 is 0. The second-order valence-corrected chi connectivity index (χ2v) is 5.88. The van der Waals surface area contributed by atoms with Gasteiger partial charge < -0.3 is 0 Å². The Bertz CT molecular complexity index is 663. The van der Waals surface area contributed by atoms with Crippen LogP contribution in [0.15, 0.2) is 9.59 Å². The molecule has 108 valence electrons. The van der Waals surface area contributed by atoms with Crippen molar-refractivity contribution in [2.24, 2.45) is 0 Å². The zero-order valence-corrected chi connectivity index (χ0v) is 11.9. The summed E-state index contributed by atoms with van der Waals surface area (Å²) in [6.07, 6.45) is 7.20. The van der Waals surface area contributed by atoms with Crippen LogP contribution >= 0.6 is 0 Å². The first-order chi connectivity index (χ1) is 9.61. The molecule has 2 aliphatic carbocycles. The minimum absolute atomic E-state index is 0.0275. The van der Waals surface area contributed by atoms with Gasteiger partial charge in [0.2, 0.25) is 5.91 Å². The number of hydrogen-bond donors (Lipinski definition) is 0. The number of aromatic nitrogens is 2. The maximum absolute atomic E-state index is 12.6. The second-order valence-electron chi connectivity index (χ2n) is 5.88. The third kappa shape index (κ3) is 1.96. The van der Waals surface area contributed by atoms with Crippen molar-refractivity contribution < 1.29 is 4.79 Å². The quantitative estimate of drug-likeness (QED) is 0.783. The van der Waals surface area contributed by atoms with Crippen LogP contribution in [0.3, 0.4) is 0 Å². The van der Waals surface area contributed by atoms with Crippen LogP contribution in [0.5, 0.6) is 0 Å². The van der Waals surface area contributed by atoms with Gasteiger partial charge in [0.15, 0.2) is 0 Å².